The quantitative estimate of drug-likeness (QED) is 0.474. The van der Waals surface area contributed by atoms with Crippen molar-refractivity contribution in [3.63, 3.8) is 0 Å². The Hall–Kier alpha value is -2.99. The van der Waals surface area contributed by atoms with Crippen LogP contribution in [0.25, 0.3) is 0 Å². The second kappa shape index (κ2) is 9.65. The fourth-order valence-corrected chi connectivity index (χ4v) is 4.24. The number of carboxylic acid groups (broad SMARTS) is 1. The van der Waals surface area contributed by atoms with Crippen LogP contribution in [-0.2, 0) is 22.2 Å². The van der Waals surface area contributed by atoms with Gasteiger partial charge < -0.3 is 15.3 Å². The molecule has 1 amide bonds. The number of anilines is 2. The molecule has 8 nitrogen and oxygen atoms in total. The minimum absolute atomic E-state index is 0.0413. The van der Waals surface area contributed by atoms with Crippen LogP contribution in [0.15, 0.2) is 24.3 Å². The van der Waals surface area contributed by atoms with Gasteiger partial charge in [-0.2, -0.15) is 13.2 Å². The molecule has 2 aromatic rings. The third-order valence-electron chi connectivity index (χ3n) is 4.95. The van der Waals surface area contributed by atoms with Crippen molar-refractivity contribution in [3.05, 3.63) is 40.4 Å². The smallest absolute Gasteiger partial charge is 0.416 e. The summed E-state index contributed by atoms with van der Waals surface area (Å²) in [6, 6.07) is 5.15. The van der Waals surface area contributed by atoms with Gasteiger partial charge in [-0.25, -0.2) is 9.78 Å². The maximum Gasteiger partial charge on any atom is 0.416 e. The lowest BCUT2D eigenvalue weighted by atomic mass is 10.1. The number of piperazine rings is 1. The molecular formula is C20H21F3N4O4S. The summed E-state index contributed by atoms with van der Waals surface area (Å²) in [6.07, 6.45) is -4.00. The van der Waals surface area contributed by atoms with E-state index < -0.39 is 23.5 Å². The number of ketones is 1. The number of aryl methyl sites for hydroxylation is 1. The second-order valence-electron chi connectivity index (χ2n) is 7.14. The molecule has 1 aliphatic rings. The van der Waals surface area contributed by atoms with Crippen molar-refractivity contribution in [1.29, 1.82) is 0 Å². The summed E-state index contributed by atoms with van der Waals surface area (Å²) in [5.74, 6) is -3.10. The number of carbonyl (C=O) groups excluding carboxylic acids is 2. The fourth-order valence-electron chi connectivity index (χ4n) is 3.33. The van der Waals surface area contributed by atoms with E-state index in [1.54, 1.807) is 13.0 Å². The largest absolute Gasteiger partial charge is 0.475 e. The summed E-state index contributed by atoms with van der Waals surface area (Å²) in [5.41, 5.74) is -0.392. The van der Waals surface area contributed by atoms with E-state index in [9.17, 15) is 27.6 Å². The van der Waals surface area contributed by atoms with Gasteiger partial charge in [0.25, 0.3) is 5.78 Å². The van der Waals surface area contributed by atoms with Crippen molar-refractivity contribution < 1.29 is 32.7 Å². The van der Waals surface area contributed by atoms with Crippen LogP contribution in [0.3, 0.4) is 0 Å². The summed E-state index contributed by atoms with van der Waals surface area (Å²) < 4.78 is 38.8. The number of halogens is 3. The monoisotopic (exact) mass is 470 g/mol. The molecule has 3 rings (SSSR count). The van der Waals surface area contributed by atoms with E-state index in [2.05, 4.69) is 10.3 Å². The Labute approximate surface area is 185 Å². The van der Waals surface area contributed by atoms with Crippen LogP contribution < -0.4 is 10.2 Å². The third kappa shape index (κ3) is 5.62. The van der Waals surface area contributed by atoms with Crippen LogP contribution in [0.1, 0.15) is 27.9 Å². The molecule has 2 heterocycles. The number of rotatable bonds is 7. The van der Waals surface area contributed by atoms with E-state index in [1.807, 2.05) is 9.80 Å². The zero-order chi connectivity index (χ0) is 23.5. The predicted octanol–water partition coefficient (Wildman–Crippen LogP) is 2.75. The Morgan fingerprint density at radius 2 is 1.88 bits per heavy atom. The minimum Gasteiger partial charge on any atom is -0.475 e. The summed E-state index contributed by atoms with van der Waals surface area (Å²) in [7, 11) is 0. The van der Waals surface area contributed by atoms with Gasteiger partial charge in [0.15, 0.2) is 5.13 Å². The van der Waals surface area contributed by atoms with Crippen LogP contribution in [-0.4, -0.2) is 65.4 Å². The molecule has 1 aromatic carbocycles. The van der Waals surface area contributed by atoms with Crippen molar-refractivity contribution in [3.8, 4) is 0 Å². The molecule has 0 radical (unpaired) electrons. The SMILES string of the molecule is CCc1sc(NC(=O)CN2CCN(c3cccc(C(F)(F)F)c3)CC2)nc1C(=O)C(=O)O. The molecule has 1 aliphatic heterocycles. The van der Waals surface area contributed by atoms with Crippen molar-refractivity contribution in [2.45, 2.75) is 19.5 Å². The van der Waals surface area contributed by atoms with E-state index in [0.717, 1.165) is 23.5 Å². The average molecular weight is 470 g/mol. The first-order chi connectivity index (χ1) is 15.1. The molecule has 1 aromatic heterocycles. The molecule has 1 fully saturated rings. The number of Topliss-reactive ketones (excluding diaryl/α,β-unsaturated/α-hetero) is 1. The molecule has 172 valence electrons. The fraction of sp³-hybridized carbons (Fsp3) is 0.400. The predicted molar refractivity (Wildman–Crippen MR) is 112 cm³/mol. The standard InChI is InChI=1S/C20H21F3N4O4S/c1-2-14-16(17(29)18(30)31)25-19(32-14)24-15(28)11-26-6-8-27(9-7-26)13-5-3-4-12(10-13)20(21,22)23/h3-5,10H,2,6-9,11H2,1H3,(H,30,31)(H,24,25,28). The van der Waals surface area contributed by atoms with Gasteiger partial charge in [-0.15, -0.1) is 11.3 Å². The number of thiazole rings is 1. The number of alkyl halides is 3. The lowest BCUT2D eigenvalue weighted by Gasteiger charge is -2.35. The van der Waals surface area contributed by atoms with Crippen molar-refractivity contribution in [2.75, 3.05) is 42.9 Å². The Morgan fingerprint density at radius 3 is 2.47 bits per heavy atom. The summed E-state index contributed by atoms with van der Waals surface area (Å²) in [5, 5.41) is 11.6. The topological polar surface area (TPSA) is 103 Å². The Kier molecular flexibility index (Phi) is 7.14. The Balaban J connectivity index is 1.55. The van der Waals surface area contributed by atoms with Gasteiger partial charge >= 0.3 is 12.1 Å². The second-order valence-corrected chi connectivity index (χ2v) is 8.22. The number of nitrogens with one attached hydrogen (secondary N) is 1. The van der Waals surface area contributed by atoms with Crippen LogP contribution in [0.5, 0.6) is 0 Å². The first kappa shape index (κ1) is 23.7. The lowest BCUT2D eigenvalue weighted by molar-refractivity contribution is -0.137. The zero-order valence-electron chi connectivity index (χ0n) is 17.1. The molecule has 12 heteroatoms. The van der Waals surface area contributed by atoms with E-state index in [4.69, 9.17) is 5.11 Å². The number of carboxylic acids is 1. The maximum atomic E-state index is 12.9. The van der Waals surface area contributed by atoms with Crippen molar-refractivity contribution >= 4 is 39.8 Å². The highest BCUT2D eigenvalue weighted by molar-refractivity contribution is 7.16. The molecular weight excluding hydrogens is 449 g/mol. The van der Waals surface area contributed by atoms with Crippen LogP contribution in [0.2, 0.25) is 0 Å². The maximum absolute atomic E-state index is 12.9. The molecule has 0 unspecified atom stereocenters. The molecule has 0 bridgehead atoms. The van der Waals surface area contributed by atoms with Gasteiger partial charge in [0.2, 0.25) is 5.91 Å². The molecule has 2 N–H and O–H groups in total. The molecule has 0 atom stereocenters. The number of benzene rings is 1. The van der Waals surface area contributed by atoms with Crippen molar-refractivity contribution in [2.24, 2.45) is 0 Å². The molecule has 0 aliphatic carbocycles. The highest BCUT2D eigenvalue weighted by Crippen LogP contribution is 2.32. The first-order valence-electron chi connectivity index (χ1n) is 9.80. The number of aromatic nitrogens is 1. The number of hydrogen-bond acceptors (Lipinski definition) is 7. The van der Waals surface area contributed by atoms with Gasteiger partial charge in [-0.3, -0.25) is 14.5 Å². The van der Waals surface area contributed by atoms with Gasteiger partial charge in [0.05, 0.1) is 12.1 Å². The normalized spacial score (nSPS) is 14.9. The van der Waals surface area contributed by atoms with E-state index in [0.29, 0.717) is 43.2 Å². The van der Waals surface area contributed by atoms with E-state index in [-0.39, 0.29) is 23.3 Å². The lowest BCUT2D eigenvalue weighted by Crippen LogP contribution is -2.48. The molecule has 1 saturated heterocycles. The third-order valence-corrected chi connectivity index (χ3v) is 6.07. The van der Waals surface area contributed by atoms with Crippen molar-refractivity contribution in [1.82, 2.24) is 9.88 Å². The highest BCUT2D eigenvalue weighted by atomic mass is 32.1. The van der Waals surface area contributed by atoms with Gasteiger partial charge in [0, 0.05) is 36.7 Å². The molecule has 32 heavy (non-hydrogen) atoms. The number of hydrogen-bond donors (Lipinski definition) is 2. The van der Waals surface area contributed by atoms with Crippen LogP contribution >= 0.6 is 11.3 Å². The number of nitrogens with zero attached hydrogens (tertiary/aromatic N) is 3. The number of aliphatic carboxylic acids is 1. The molecule has 0 saturated carbocycles. The minimum atomic E-state index is -4.40. The van der Waals surface area contributed by atoms with Gasteiger partial charge in [-0.05, 0) is 24.6 Å². The van der Waals surface area contributed by atoms with Gasteiger partial charge in [0.1, 0.15) is 5.69 Å². The summed E-state index contributed by atoms with van der Waals surface area (Å²) in [4.78, 5) is 43.1. The summed E-state index contributed by atoms with van der Waals surface area (Å²) >= 11 is 1.05. The zero-order valence-corrected chi connectivity index (χ0v) is 17.9. The summed E-state index contributed by atoms with van der Waals surface area (Å²) in [6.45, 7) is 3.67. The number of amides is 1. The van der Waals surface area contributed by atoms with E-state index >= 15 is 0 Å². The molecule has 0 spiro atoms. The highest BCUT2D eigenvalue weighted by Gasteiger charge is 2.31. The average Bonchev–Trinajstić information content (AvgIpc) is 3.15. The van der Waals surface area contributed by atoms with Crippen LogP contribution in [0.4, 0.5) is 24.0 Å². The number of carbonyl (C=O) groups is 3. The Morgan fingerprint density at radius 1 is 1.19 bits per heavy atom. The Bertz CT molecular complexity index is 1020. The van der Waals surface area contributed by atoms with Gasteiger partial charge in [-0.1, -0.05) is 13.0 Å². The van der Waals surface area contributed by atoms with E-state index in [1.165, 1.54) is 6.07 Å². The first-order valence-corrected chi connectivity index (χ1v) is 10.6. The van der Waals surface area contributed by atoms with Crippen LogP contribution in [0, 0.1) is 0 Å².